The molecule has 2 N–H and O–H groups in total. The van der Waals surface area contributed by atoms with Gasteiger partial charge in [0.1, 0.15) is 0 Å². The van der Waals surface area contributed by atoms with Crippen LogP contribution in [-0.2, 0) is 0 Å². The predicted octanol–water partition coefficient (Wildman–Crippen LogP) is 1.75. The maximum atomic E-state index is 12.0. The lowest BCUT2D eigenvalue weighted by molar-refractivity contribution is 0.128. The van der Waals surface area contributed by atoms with Crippen molar-refractivity contribution in [1.82, 2.24) is 4.98 Å². The van der Waals surface area contributed by atoms with Crippen LogP contribution in [0.3, 0.4) is 0 Å². The minimum Gasteiger partial charge on any atom is -0.481 e. The van der Waals surface area contributed by atoms with Crippen LogP contribution < -0.4 is 10.5 Å². The summed E-state index contributed by atoms with van der Waals surface area (Å²) in [6.45, 7) is 0. The van der Waals surface area contributed by atoms with E-state index >= 15 is 0 Å². The fourth-order valence-electron chi connectivity index (χ4n) is 1.06. The van der Waals surface area contributed by atoms with Gasteiger partial charge in [-0.3, -0.25) is 0 Å². The van der Waals surface area contributed by atoms with Gasteiger partial charge in [-0.1, -0.05) is 6.07 Å². The Bertz CT molecular complexity index is 277. The molecule has 0 saturated heterocycles. The van der Waals surface area contributed by atoms with E-state index in [0.717, 1.165) is 0 Å². The standard InChI is InChI=1S/C9H12F2N2O/c1-14-9-3-2-6(5-13-9)7(12)4-8(10)11/h2-3,5,7-8H,4,12H2,1H3/t7-/m0/s1. The number of rotatable bonds is 4. The van der Waals surface area contributed by atoms with Crippen molar-refractivity contribution < 1.29 is 13.5 Å². The Morgan fingerprint density at radius 3 is 2.64 bits per heavy atom. The minimum absolute atomic E-state index is 0.353. The summed E-state index contributed by atoms with van der Waals surface area (Å²) in [6.07, 6.45) is -1.30. The van der Waals surface area contributed by atoms with Crippen LogP contribution in [0.5, 0.6) is 5.88 Å². The molecule has 78 valence electrons. The predicted molar refractivity (Wildman–Crippen MR) is 48.3 cm³/mol. The molecule has 0 bridgehead atoms. The Morgan fingerprint density at radius 2 is 2.21 bits per heavy atom. The molecule has 0 aliphatic heterocycles. The van der Waals surface area contributed by atoms with E-state index in [2.05, 4.69) is 4.98 Å². The van der Waals surface area contributed by atoms with Gasteiger partial charge in [-0.2, -0.15) is 0 Å². The highest BCUT2D eigenvalue weighted by Gasteiger charge is 2.12. The lowest BCUT2D eigenvalue weighted by Crippen LogP contribution is -2.14. The van der Waals surface area contributed by atoms with Crippen molar-refractivity contribution in [3.63, 3.8) is 0 Å². The van der Waals surface area contributed by atoms with Crippen LogP contribution in [0.4, 0.5) is 8.78 Å². The van der Waals surface area contributed by atoms with Crippen molar-refractivity contribution in [2.45, 2.75) is 18.9 Å². The zero-order valence-electron chi connectivity index (χ0n) is 7.78. The number of ether oxygens (including phenoxy) is 1. The van der Waals surface area contributed by atoms with Gasteiger partial charge >= 0.3 is 0 Å². The zero-order chi connectivity index (χ0) is 10.6. The van der Waals surface area contributed by atoms with E-state index < -0.39 is 12.5 Å². The molecule has 0 radical (unpaired) electrons. The molecule has 0 amide bonds. The molecule has 14 heavy (non-hydrogen) atoms. The Morgan fingerprint density at radius 1 is 1.50 bits per heavy atom. The van der Waals surface area contributed by atoms with Crippen molar-refractivity contribution in [2.24, 2.45) is 5.73 Å². The molecule has 5 heteroatoms. The maximum Gasteiger partial charge on any atom is 0.240 e. The van der Waals surface area contributed by atoms with Crippen LogP contribution in [-0.4, -0.2) is 18.5 Å². The van der Waals surface area contributed by atoms with Crippen LogP contribution in [0, 0.1) is 0 Å². The van der Waals surface area contributed by atoms with Crippen LogP contribution in [0.15, 0.2) is 18.3 Å². The molecule has 1 rings (SSSR count). The summed E-state index contributed by atoms with van der Waals surface area (Å²) < 4.78 is 28.8. The summed E-state index contributed by atoms with van der Waals surface area (Å²) in [6, 6.07) is 2.56. The number of alkyl halides is 2. The molecule has 0 fully saturated rings. The number of hydrogen-bond acceptors (Lipinski definition) is 3. The van der Waals surface area contributed by atoms with E-state index in [4.69, 9.17) is 10.5 Å². The van der Waals surface area contributed by atoms with Gasteiger partial charge < -0.3 is 10.5 Å². The molecule has 0 aromatic carbocycles. The first-order valence-corrected chi connectivity index (χ1v) is 4.17. The molecule has 0 aliphatic rings. The maximum absolute atomic E-state index is 12.0. The summed E-state index contributed by atoms with van der Waals surface area (Å²) in [5.74, 6) is 0.443. The summed E-state index contributed by atoms with van der Waals surface area (Å²) in [5, 5.41) is 0. The normalized spacial score (nSPS) is 12.9. The van der Waals surface area contributed by atoms with Crippen molar-refractivity contribution in [1.29, 1.82) is 0 Å². The Kier molecular flexibility index (Phi) is 3.76. The second-order valence-electron chi connectivity index (χ2n) is 2.87. The fourth-order valence-corrected chi connectivity index (χ4v) is 1.06. The van der Waals surface area contributed by atoms with Gasteiger partial charge in [0.2, 0.25) is 12.3 Å². The fraction of sp³-hybridized carbons (Fsp3) is 0.444. The average molecular weight is 202 g/mol. The monoisotopic (exact) mass is 202 g/mol. The van der Waals surface area contributed by atoms with Gasteiger partial charge in [-0.05, 0) is 5.56 Å². The van der Waals surface area contributed by atoms with E-state index in [0.29, 0.717) is 11.4 Å². The van der Waals surface area contributed by atoms with E-state index in [1.807, 2.05) is 0 Å². The molecule has 0 aliphatic carbocycles. The molecule has 1 aromatic heterocycles. The first-order chi connectivity index (χ1) is 6.63. The number of methoxy groups -OCH3 is 1. The summed E-state index contributed by atoms with van der Waals surface area (Å²) in [4.78, 5) is 3.88. The van der Waals surface area contributed by atoms with E-state index in [9.17, 15) is 8.78 Å². The average Bonchev–Trinajstić information content (AvgIpc) is 2.17. The van der Waals surface area contributed by atoms with Crippen molar-refractivity contribution in [2.75, 3.05) is 7.11 Å². The van der Waals surface area contributed by atoms with E-state index in [-0.39, 0.29) is 6.42 Å². The van der Waals surface area contributed by atoms with Crippen LogP contribution >= 0.6 is 0 Å². The number of aromatic nitrogens is 1. The van der Waals surface area contributed by atoms with Crippen molar-refractivity contribution in [3.05, 3.63) is 23.9 Å². The molecule has 3 nitrogen and oxygen atoms in total. The molecule has 0 saturated carbocycles. The molecular formula is C9H12F2N2O. The number of pyridine rings is 1. The summed E-state index contributed by atoms with van der Waals surface area (Å²) in [5.41, 5.74) is 6.12. The largest absolute Gasteiger partial charge is 0.481 e. The van der Waals surface area contributed by atoms with Crippen LogP contribution in [0.1, 0.15) is 18.0 Å². The van der Waals surface area contributed by atoms with Gasteiger partial charge in [-0.25, -0.2) is 13.8 Å². The Hall–Kier alpha value is -1.23. The van der Waals surface area contributed by atoms with Crippen molar-refractivity contribution in [3.8, 4) is 5.88 Å². The van der Waals surface area contributed by atoms with E-state index in [1.165, 1.54) is 13.3 Å². The summed E-state index contributed by atoms with van der Waals surface area (Å²) >= 11 is 0. The first-order valence-electron chi connectivity index (χ1n) is 4.17. The van der Waals surface area contributed by atoms with Crippen LogP contribution in [0.25, 0.3) is 0 Å². The molecule has 1 aromatic rings. The smallest absolute Gasteiger partial charge is 0.240 e. The molecule has 0 spiro atoms. The molecular weight excluding hydrogens is 190 g/mol. The number of hydrogen-bond donors (Lipinski definition) is 1. The lowest BCUT2D eigenvalue weighted by Gasteiger charge is -2.10. The first kappa shape index (κ1) is 10.8. The molecule has 0 unspecified atom stereocenters. The quantitative estimate of drug-likeness (QED) is 0.809. The van der Waals surface area contributed by atoms with Gasteiger partial charge in [-0.15, -0.1) is 0 Å². The SMILES string of the molecule is COc1ccc([C@@H](N)CC(F)F)cn1. The Labute approximate surface area is 80.9 Å². The topological polar surface area (TPSA) is 48.1 Å². The highest BCUT2D eigenvalue weighted by molar-refractivity contribution is 5.20. The highest BCUT2D eigenvalue weighted by atomic mass is 19.3. The number of nitrogens with two attached hydrogens (primary N) is 1. The minimum atomic E-state index is -2.40. The second kappa shape index (κ2) is 4.85. The Balaban J connectivity index is 2.66. The van der Waals surface area contributed by atoms with Gasteiger partial charge in [0.05, 0.1) is 7.11 Å². The third kappa shape index (κ3) is 2.92. The van der Waals surface area contributed by atoms with Crippen LogP contribution in [0.2, 0.25) is 0 Å². The number of nitrogens with zero attached hydrogens (tertiary/aromatic N) is 1. The third-order valence-electron chi connectivity index (χ3n) is 1.83. The highest BCUT2D eigenvalue weighted by Crippen LogP contribution is 2.18. The van der Waals surface area contributed by atoms with Gasteiger partial charge in [0.25, 0.3) is 0 Å². The van der Waals surface area contributed by atoms with E-state index in [1.54, 1.807) is 12.1 Å². The molecule has 1 heterocycles. The summed E-state index contributed by atoms with van der Waals surface area (Å²) in [7, 11) is 1.49. The molecule has 1 atom stereocenters. The van der Waals surface area contributed by atoms with Gasteiger partial charge in [0.15, 0.2) is 0 Å². The zero-order valence-corrected chi connectivity index (χ0v) is 7.78. The van der Waals surface area contributed by atoms with Crippen molar-refractivity contribution >= 4 is 0 Å². The third-order valence-corrected chi connectivity index (χ3v) is 1.83. The number of halogens is 2. The lowest BCUT2D eigenvalue weighted by atomic mass is 10.1. The second-order valence-corrected chi connectivity index (χ2v) is 2.87. The van der Waals surface area contributed by atoms with Gasteiger partial charge in [0, 0.05) is 24.7 Å².